The van der Waals surface area contributed by atoms with Crippen LogP contribution in [0.15, 0.2) is 0 Å². The van der Waals surface area contributed by atoms with Crippen molar-refractivity contribution in [3.63, 3.8) is 0 Å². The van der Waals surface area contributed by atoms with Gasteiger partial charge in [0.15, 0.2) is 0 Å². The van der Waals surface area contributed by atoms with E-state index in [1.807, 2.05) is 0 Å². The van der Waals surface area contributed by atoms with Crippen LogP contribution in [0, 0.1) is 11.8 Å². The number of piperidine rings is 1. The SMILES string of the molecule is CC(C)CN1CCC(C(C)Cl)CC1. The van der Waals surface area contributed by atoms with Crippen LogP contribution in [0.25, 0.3) is 0 Å². The second-order valence-electron chi connectivity index (χ2n) is 4.71. The van der Waals surface area contributed by atoms with Crippen molar-refractivity contribution in [1.82, 2.24) is 4.90 Å². The van der Waals surface area contributed by atoms with Crippen LogP contribution in [0.2, 0.25) is 0 Å². The van der Waals surface area contributed by atoms with Crippen molar-refractivity contribution in [3.8, 4) is 0 Å². The Morgan fingerprint density at radius 2 is 1.77 bits per heavy atom. The molecule has 0 aromatic heterocycles. The third-order valence-electron chi connectivity index (χ3n) is 2.91. The predicted molar refractivity (Wildman–Crippen MR) is 59.3 cm³/mol. The van der Waals surface area contributed by atoms with Gasteiger partial charge in [0.25, 0.3) is 0 Å². The maximum absolute atomic E-state index is 6.09. The highest BCUT2D eigenvalue weighted by molar-refractivity contribution is 6.20. The lowest BCUT2D eigenvalue weighted by atomic mass is 9.93. The Morgan fingerprint density at radius 1 is 1.23 bits per heavy atom. The summed E-state index contributed by atoms with van der Waals surface area (Å²) < 4.78 is 0. The normalized spacial score (nSPS) is 23.8. The molecule has 0 N–H and O–H groups in total. The van der Waals surface area contributed by atoms with Crippen molar-refractivity contribution in [2.45, 2.75) is 39.0 Å². The number of alkyl halides is 1. The molecule has 0 aromatic rings. The zero-order valence-electron chi connectivity index (χ0n) is 9.09. The van der Waals surface area contributed by atoms with Crippen LogP contribution < -0.4 is 0 Å². The molecule has 13 heavy (non-hydrogen) atoms. The number of rotatable bonds is 3. The standard InChI is InChI=1S/C11H22ClN/c1-9(2)8-13-6-4-11(5-7-13)10(3)12/h9-11H,4-8H2,1-3H3. The Labute approximate surface area is 87.4 Å². The van der Waals surface area contributed by atoms with Gasteiger partial charge in [0.2, 0.25) is 0 Å². The van der Waals surface area contributed by atoms with E-state index in [1.165, 1.54) is 32.5 Å². The minimum absolute atomic E-state index is 0.362. The largest absolute Gasteiger partial charge is 0.303 e. The first-order valence-electron chi connectivity index (χ1n) is 5.46. The first-order chi connectivity index (χ1) is 6.09. The van der Waals surface area contributed by atoms with Crippen molar-refractivity contribution < 1.29 is 0 Å². The quantitative estimate of drug-likeness (QED) is 0.638. The number of hydrogen-bond acceptors (Lipinski definition) is 1. The number of halogens is 1. The molecule has 1 atom stereocenters. The van der Waals surface area contributed by atoms with Gasteiger partial charge in [-0.1, -0.05) is 13.8 Å². The number of hydrogen-bond donors (Lipinski definition) is 0. The molecule has 2 heteroatoms. The fraction of sp³-hybridized carbons (Fsp3) is 1.00. The fourth-order valence-corrected chi connectivity index (χ4v) is 2.36. The molecule has 0 aromatic carbocycles. The van der Waals surface area contributed by atoms with Gasteiger partial charge in [-0.2, -0.15) is 0 Å². The first kappa shape index (κ1) is 11.3. The van der Waals surface area contributed by atoms with Crippen LogP contribution in [-0.2, 0) is 0 Å². The summed E-state index contributed by atoms with van der Waals surface area (Å²) >= 11 is 6.09. The van der Waals surface area contributed by atoms with Crippen LogP contribution in [0.3, 0.4) is 0 Å². The Bertz CT molecular complexity index is 137. The Morgan fingerprint density at radius 3 is 2.15 bits per heavy atom. The van der Waals surface area contributed by atoms with E-state index in [0.717, 1.165) is 11.8 Å². The van der Waals surface area contributed by atoms with E-state index < -0.39 is 0 Å². The lowest BCUT2D eigenvalue weighted by molar-refractivity contribution is 0.167. The van der Waals surface area contributed by atoms with Crippen LogP contribution in [0.5, 0.6) is 0 Å². The molecule has 1 unspecified atom stereocenters. The van der Waals surface area contributed by atoms with Gasteiger partial charge in [0.05, 0.1) is 0 Å². The summed E-state index contributed by atoms with van der Waals surface area (Å²) in [6, 6.07) is 0. The number of likely N-dealkylation sites (tertiary alicyclic amines) is 1. The van der Waals surface area contributed by atoms with Crippen molar-refractivity contribution in [3.05, 3.63) is 0 Å². The Hall–Kier alpha value is 0.250. The highest BCUT2D eigenvalue weighted by Gasteiger charge is 2.22. The van der Waals surface area contributed by atoms with Crippen LogP contribution >= 0.6 is 11.6 Å². The van der Waals surface area contributed by atoms with Crippen LogP contribution in [0.4, 0.5) is 0 Å². The summed E-state index contributed by atoms with van der Waals surface area (Å²) in [7, 11) is 0. The first-order valence-corrected chi connectivity index (χ1v) is 5.89. The minimum Gasteiger partial charge on any atom is -0.303 e. The van der Waals surface area contributed by atoms with Gasteiger partial charge in [-0.3, -0.25) is 0 Å². The molecule has 1 fully saturated rings. The maximum Gasteiger partial charge on any atom is 0.0337 e. The number of nitrogens with zero attached hydrogens (tertiary/aromatic N) is 1. The van der Waals surface area contributed by atoms with Gasteiger partial charge in [-0.25, -0.2) is 0 Å². The van der Waals surface area contributed by atoms with Gasteiger partial charge >= 0.3 is 0 Å². The zero-order valence-corrected chi connectivity index (χ0v) is 9.85. The summed E-state index contributed by atoms with van der Waals surface area (Å²) in [5.41, 5.74) is 0. The summed E-state index contributed by atoms with van der Waals surface area (Å²) in [6.07, 6.45) is 2.58. The van der Waals surface area contributed by atoms with E-state index in [9.17, 15) is 0 Å². The van der Waals surface area contributed by atoms with Crippen molar-refractivity contribution in [2.24, 2.45) is 11.8 Å². The predicted octanol–water partition coefficient (Wildman–Crippen LogP) is 2.98. The van der Waals surface area contributed by atoms with E-state index >= 15 is 0 Å². The summed E-state index contributed by atoms with van der Waals surface area (Å²) in [4.78, 5) is 2.57. The van der Waals surface area contributed by atoms with Gasteiger partial charge < -0.3 is 4.90 Å². The summed E-state index contributed by atoms with van der Waals surface area (Å²) in [5.74, 6) is 1.55. The highest BCUT2D eigenvalue weighted by Crippen LogP contribution is 2.24. The molecule has 0 saturated carbocycles. The van der Waals surface area contributed by atoms with Gasteiger partial charge in [-0.15, -0.1) is 11.6 Å². The lowest BCUT2D eigenvalue weighted by Gasteiger charge is -2.33. The average molecular weight is 204 g/mol. The molecule has 0 bridgehead atoms. The topological polar surface area (TPSA) is 3.24 Å². The lowest BCUT2D eigenvalue weighted by Crippen LogP contribution is -2.37. The highest BCUT2D eigenvalue weighted by atomic mass is 35.5. The molecule has 78 valence electrons. The van der Waals surface area contributed by atoms with Crippen molar-refractivity contribution in [1.29, 1.82) is 0 Å². The molecular formula is C11H22ClN. The summed E-state index contributed by atoms with van der Waals surface area (Å²) in [5, 5.41) is 0.362. The molecule has 1 heterocycles. The van der Waals surface area contributed by atoms with Gasteiger partial charge in [0, 0.05) is 11.9 Å². The summed E-state index contributed by atoms with van der Waals surface area (Å²) in [6.45, 7) is 10.5. The molecule has 1 nitrogen and oxygen atoms in total. The second kappa shape index (κ2) is 5.21. The minimum atomic E-state index is 0.362. The Kier molecular flexibility index (Phi) is 4.54. The van der Waals surface area contributed by atoms with Crippen LogP contribution in [-0.4, -0.2) is 29.9 Å². The van der Waals surface area contributed by atoms with Gasteiger partial charge in [-0.05, 0) is 44.7 Å². The maximum atomic E-state index is 6.09. The molecule has 1 rings (SSSR count). The smallest absolute Gasteiger partial charge is 0.0337 e. The molecule has 0 aliphatic carbocycles. The monoisotopic (exact) mass is 203 g/mol. The second-order valence-corrected chi connectivity index (χ2v) is 5.40. The molecule has 0 radical (unpaired) electrons. The van der Waals surface area contributed by atoms with E-state index in [2.05, 4.69) is 25.7 Å². The van der Waals surface area contributed by atoms with E-state index in [4.69, 9.17) is 11.6 Å². The fourth-order valence-electron chi connectivity index (χ4n) is 2.11. The molecule has 1 aliphatic rings. The van der Waals surface area contributed by atoms with E-state index in [-0.39, 0.29) is 0 Å². The van der Waals surface area contributed by atoms with Gasteiger partial charge in [0.1, 0.15) is 0 Å². The average Bonchev–Trinajstić information content (AvgIpc) is 2.04. The molecule has 0 amide bonds. The van der Waals surface area contributed by atoms with Crippen molar-refractivity contribution in [2.75, 3.05) is 19.6 Å². The van der Waals surface area contributed by atoms with Crippen molar-refractivity contribution >= 4 is 11.6 Å². The molecule has 1 saturated heterocycles. The molecule has 1 aliphatic heterocycles. The van der Waals surface area contributed by atoms with E-state index in [0.29, 0.717) is 5.38 Å². The zero-order chi connectivity index (χ0) is 9.84. The van der Waals surface area contributed by atoms with Crippen LogP contribution in [0.1, 0.15) is 33.6 Å². The third-order valence-corrected chi connectivity index (χ3v) is 3.26. The Balaban J connectivity index is 2.22. The molecule has 0 spiro atoms. The molecular weight excluding hydrogens is 182 g/mol. The third kappa shape index (κ3) is 3.86. The van der Waals surface area contributed by atoms with E-state index in [1.54, 1.807) is 0 Å².